The van der Waals surface area contributed by atoms with Crippen molar-refractivity contribution in [1.82, 2.24) is 4.90 Å². The minimum absolute atomic E-state index is 0.0329. The summed E-state index contributed by atoms with van der Waals surface area (Å²) in [6, 6.07) is -0.475. The Balaban J connectivity index is 0.00000172. The Kier molecular flexibility index (Phi) is 9.67. The highest BCUT2D eigenvalue weighted by Gasteiger charge is 2.37. The minimum Gasteiger partial charge on any atom is -0.435 e. The zero-order valence-corrected chi connectivity index (χ0v) is 14.0. The molecule has 20 heavy (non-hydrogen) atoms. The van der Waals surface area contributed by atoms with Gasteiger partial charge in [0.2, 0.25) is 5.91 Å². The van der Waals surface area contributed by atoms with Crippen molar-refractivity contribution in [2.24, 2.45) is 5.92 Å². The molecule has 0 spiro atoms. The van der Waals surface area contributed by atoms with Crippen LogP contribution in [0.3, 0.4) is 0 Å². The number of amides is 1. The van der Waals surface area contributed by atoms with E-state index in [9.17, 15) is 9.59 Å². The molecule has 0 N–H and O–H groups in total. The number of rotatable bonds is 5. The fourth-order valence-corrected chi connectivity index (χ4v) is 2.08. The maximum absolute atomic E-state index is 12.1. The van der Waals surface area contributed by atoms with E-state index < -0.39 is 12.3 Å². The lowest BCUT2D eigenvalue weighted by Crippen LogP contribution is -2.44. The molecule has 0 aromatic rings. The fraction of sp³-hybridized carbons (Fsp3) is 0.857. The van der Waals surface area contributed by atoms with Crippen molar-refractivity contribution in [3.05, 3.63) is 0 Å². The van der Waals surface area contributed by atoms with Gasteiger partial charge in [0.25, 0.3) is 0 Å². The SMILES string of the molecule is CC.COC(C)OC(=O)C1CCCN1C(=O)C(C)CS. The molecule has 3 unspecified atom stereocenters. The van der Waals surface area contributed by atoms with Crippen molar-refractivity contribution >= 4 is 24.5 Å². The number of thiol groups is 1. The third kappa shape index (κ3) is 5.32. The van der Waals surface area contributed by atoms with Crippen LogP contribution < -0.4 is 0 Å². The summed E-state index contributed by atoms with van der Waals surface area (Å²) in [5.74, 6) is -0.122. The van der Waals surface area contributed by atoms with Gasteiger partial charge in [0.05, 0.1) is 0 Å². The number of likely N-dealkylation sites (tertiary alicyclic amines) is 1. The lowest BCUT2D eigenvalue weighted by molar-refractivity contribution is -0.176. The molecular formula is C14H27NO4S. The molecule has 6 heteroatoms. The highest BCUT2D eigenvalue weighted by atomic mass is 32.1. The summed E-state index contributed by atoms with van der Waals surface area (Å²) in [6.07, 6.45) is 0.893. The van der Waals surface area contributed by atoms with E-state index in [-0.39, 0.29) is 17.8 Å². The quantitative estimate of drug-likeness (QED) is 0.480. The van der Waals surface area contributed by atoms with Crippen LogP contribution in [-0.2, 0) is 19.1 Å². The predicted octanol–water partition coefficient (Wildman–Crippen LogP) is 2.11. The second-order valence-electron chi connectivity index (χ2n) is 4.51. The van der Waals surface area contributed by atoms with Gasteiger partial charge in [-0.2, -0.15) is 12.6 Å². The van der Waals surface area contributed by atoms with Crippen LogP contribution in [0.2, 0.25) is 0 Å². The molecule has 1 heterocycles. The topological polar surface area (TPSA) is 55.8 Å². The lowest BCUT2D eigenvalue weighted by Gasteiger charge is -2.26. The molecule has 0 radical (unpaired) electrons. The van der Waals surface area contributed by atoms with Gasteiger partial charge in [-0.3, -0.25) is 4.79 Å². The number of nitrogens with zero attached hydrogens (tertiary/aromatic N) is 1. The third-order valence-electron chi connectivity index (χ3n) is 3.12. The molecule has 1 saturated heterocycles. The van der Waals surface area contributed by atoms with Crippen molar-refractivity contribution in [2.45, 2.75) is 52.9 Å². The molecule has 1 fully saturated rings. The van der Waals surface area contributed by atoms with E-state index in [1.807, 2.05) is 20.8 Å². The number of carbonyl (C=O) groups excluding carboxylic acids is 2. The molecule has 1 aliphatic heterocycles. The summed E-state index contributed by atoms with van der Waals surface area (Å²) < 4.78 is 9.99. The summed E-state index contributed by atoms with van der Waals surface area (Å²) in [7, 11) is 1.47. The van der Waals surface area contributed by atoms with Crippen molar-refractivity contribution < 1.29 is 19.1 Å². The van der Waals surface area contributed by atoms with E-state index in [2.05, 4.69) is 12.6 Å². The van der Waals surface area contributed by atoms with E-state index in [4.69, 9.17) is 9.47 Å². The summed E-state index contributed by atoms with van der Waals surface area (Å²) in [6.45, 7) is 8.07. The average Bonchev–Trinajstić information content (AvgIpc) is 2.96. The molecule has 0 saturated carbocycles. The molecular weight excluding hydrogens is 278 g/mol. The normalized spacial score (nSPS) is 20.7. The average molecular weight is 305 g/mol. The number of ether oxygens (including phenoxy) is 2. The van der Waals surface area contributed by atoms with E-state index in [0.29, 0.717) is 18.7 Å². The van der Waals surface area contributed by atoms with Gasteiger partial charge >= 0.3 is 5.97 Å². The summed E-state index contributed by atoms with van der Waals surface area (Å²) in [5.41, 5.74) is 0. The minimum atomic E-state index is -0.586. The highest BCUT2D eigenvalue weighted by molar-refractivity contribution is 7.80. The van der Waals surface area contributed by atoms with Gasteiger partial charge in [-0.25, -0.2) is 4.79 Å². The number of hydrogen-bond donors (Lipinski definition) is 1. The molecule has 5 nitrogen and oxygen atoms in total. The Morgan fingerprint density at radius 3 is 2.45 bits per heavy atom. The second-order valence-corrected chi connectivity index (χ2v) is 4.88. The van der Waals surface area contributed by atoms with Crippen LogP contribution in [0.15, 0.2) is 0 Å². The first-order chi connectivity index (χ1) is 9.51. The number of methoxy groups -OCH3 is 1. The Morgan fingerprint density at radius 2 is 1.95 bits per heavy atom. The molecule has 1 rings (SSSR count). The van der Waals surface area contributed by atoms with E-state index in [1.54, 1.807) is 11.8 Å². The Bertz CT molecular complexity index is 312. The Hall–Kier alpha value is -0.750. The molecule has 0 aromatic carbocycles. The molecule has 1 amide bonds. The molecule has 0 aliphatic carbocycles. The molecule has 0 bridgehead atoms. The largest absolute Gasteiger partial charge is 0.435 e. The number of carbonyl (C=O) groups is 2. The fourth-order valence-electron chi connectivity index (χ4n) is 1.93. The first-order valence-corrected chi connectivity index (χ1v) is 7.79. The van der Waals surface area contributed by atoms with Gasteiger partial charge in [-0.1, -0.05) is 20.8 Å². The summed E-state index contributed by atoms with van der Waals surface area (Å²) in [5, 5.41) is 0. The maximum atomic E-state index is 12.1. The zero-order valence-electron chi connectivity index (χ0n) is 13.1. The summed E-state index contributed by atoms with van der Waals surface area (Å²) >= 11 is 4.12. The van der Waals surface area contributed by atoms with Crippen molar-refractivity contribution in [3.8, 4) is 0 Å². The van der Waals surface area contributed by atoms with Crippen LogP contribution in [0.4, 0.5) is 0 Å². The Labute approximate surface area is 127 Å². The number of esters is 1. The van der Waals surface area contributed by atoms with Crippen molar-refractivity contribution in [1.29, 1.82) is 0 Å². The molecule has 0 aromatic heterocycles. The van der Waals surface area contributed by atoms with Gasteiger partial charge in [-0.15, -0.1) is 0 Å². The van der Waals surface area contributed by atoms with Gasteiger partial charge in [0.1, 0.15) is 6.04 Å². The van der Waals surface area contributed by atoms with Crippen LogP contribution in [0.25, 0.3) is 0 Å². The molecule has 118 valence electrons. The van der Waals surface area contributed by atoms with Gasteiger partial charge in [0, 0.05) is 25.3 Å². The van der Waals surface area contributed by atoms with Crippen LogP contribution in [-0.4, -0.2) is 48.5 Å². The predicted molar refractivity (Wildman–Crippen MR) is 81.7 cm³/mol. The van der Waals surface area contributed by atoms with Gasteiger partial charge in [-0.05, 0) is 19.8 Å². The Morgan fingerprint density at radius 1 is 1.35 bits per heavy atom. The highest BCUT2D eigenvalue weighted by Crippen LogP contribution is 2.21. The standard InChI is InChI=1S/C12H21NO4S.C2H6/c1-8(7-18)11(14)13-6-4-5-10(13)12(15)17-9(2)16-3;1-2/h8-10,18H,4-7H2,1-3H3;1-2H3. The van der Waals surface area contributed by atoms with Crippen LogP contribution in [0, 0.1) is 5.92 Å². The molecule has 1 aliphatic rings. The smallest absolute Gasteiger partial charge is 0.331 e. The zero-order chi connectivity index (χ0) is 15.7. The van der Waals surface area contributed by atoms with E-state index in [1.165, 1.54) is 7.11 Å². The first-order valence-electron chi connectivity index (χ1n) is 7.15. The van der Waals surface area contributed by atoms with Crippen LogP contribution >= 0.6 is 12.6 Å². The van der Waals surface area contributed by atoms with Crippen LogP contribution in [0.5, 0.6) is 0 Å². The van der Waals surface area contributed by atoms with Crippen LogP contribution in [0.1, 0.15) is 40.5 Å². The van der Waals surface area contributed by atoms with Gasteiger partial charge in [0.15, 0.2) is 6.29 Å². The number of hydrogen-bond acceptors (Lipinski definition) is 5. The van der Waals surface area contributed by atoms with Crippen molar-refractivity contribution in [3.63, 3.8) is 0 Å². The first kappa shape index (κ1) is 19.2. The molecule has 3 atom stereocenters. The summed E-state index contributed by atoms with van der Waals surface area (Å²) in [4.78, 5) is 25.6. The monoisotopic (exact) mass is 305 g/mol. The van der Waals surface area contributed by atoms with Gasteiger partial charge < -0.3 is 14.4 Å². The third-order valence-corrected chi connectivity index (χ3v) is 3.67. The lowest BCUT2D eigenvalue weighted by atomic mass is 10.1. The van der Waals surface area contributed by atoms with Crippen molar-refractivity contribution in [2.75, 3.05) is 19.4 Å². The van der Waals surface area contributed by atoms with E-state index in [0.717, 1.165) is 6.42 Å². The van der Waals surface area contributed by atoms with E-state index >= 15 is 0 Å². The maximum Gasteiger partial charge on any atom is 0.331 e. The second kappa shape index (κ2) is 10.0.